The zero-order chi connectivity index (χ0) is 21.2. The lowest BCUT2D eigenvalue weighted by molar-refractivity contribution is -0.187. The lowest BCUT2D eigenvalue weighted by atomic mass is 9.93. The Morgan fingerprint density at radius 1 is 1.00 bits per heavy atom. The zero-order valence-electron chi connectivity index (χ0n) is 13.1. The molecule has 0 aromatic heterocycles. The van der Waals surface area contributed by atoms with Gasteiger partial charge in [0.25, 0.3) is 0 Å². The number of aliphatic hydroxyl groups excluding tert-OH is 5. The van der Waals surface area contributed by atoms with Gasteiger partial charge in [0, 0.05) is 0 Å². The largest absolute Gasteiger partial charge is 0.481 e. The number of carbonyl (C=O) groups excluding carboxylic acids is 1. The number of aldehydes is 1. The molecule has 152 valence electrons. The molecule has 14 nitrogen and oxygen atoms in total. The molecule has 0 amide bonds. The molecule has 0 aliphatic carbocycles. The second kappa shape index (κ2) is 11.4. The van der Waals surface area contributed by atoms with Crippen molar-refractivity contribution in [1.82, 2.24) is 0 Å². The quantitative estimate of drug-likeness (QED) is 0.156. The van der Waals surface area contributed by atoms with Crippen LogP contribution in [0.1, 0.15) is 6.42 Å². The number of carboxylic acid groups (broad SMARTS) is 3. The summed E-state index contributed by atoms with van der Waals surface area (Å²) in [4.78, 5) is 40.7. The van der Waals surface area contributed by atoms with E-state index in [0.29, 0.717) is 0 Å². The summed E-state index contributed by atoms with van der Waals surface area (Å²) in [5.74, 6) is -5.87. The molecule has 0 rings (SSSR count). The minimum Gasteiger partial charge on any atom is -0.481 e. The Balaban J connectivity index is 0. The lowest BCUT2D eigenvalue weighted by Crippen LogP contribution is -2.54. The van der Waals surface area contributed by atoms with Gasteiger partial charge in [-0.15, -0.1) is 0 Å². The van der Waals surface area contributed by atoms with Crippen LogP contribution in [0.3, 0.4) is 0 Å². The maximum atomic E-state index is 10.4. The molecule has 0 bridgehead atoms. The van der Waals surface area contributed by atoms with Gasteiger partial charge in [-0.05, 0) is 0 Å². The molecule has 0 aromatic rings. The molecule has 0 fully saturated rings. The summed E-state index contributed by atoms with van der Waals surface area (Å²) in [7, 11) is 0. The second-order valence-electron chi connectivity index (χ2n) is 4.99. The minimum absolute atomic E-state index is 0.248. The molecule has 2 unspecified atom stereocenters. The van der Waals surface area contributed by atoms with Gasteiger partial charge < -0.3 is 56.5 Å². The fraction of sp³-hybridized carbons (Fsp3) is 0.667. The van der Waals surface area contributed by atoms with Gasteiger partial charge in [-0.2, -0.15) is 0 Å². The van der Waals surface area contributed by atoms with Crippen LogP contribution < -0.4 is 5.73 Å². The Hall–Kier alpha value is -2.20. The molecule has 14 heteroatoms. The van der Waals surface area contributed by atoms with Crippen molar-refractivity contribution in [3.05, 3.63) is 0 Å². The molecule has 0 saturated carbocycles. The van der Waals surface area contributed by atoms with Gasteiger partial charge in [0.2, 0.25) is 5.60 Å². The van der Waals surface area contributed by atoms with E-state index >= 15 is 0 Å². The van der Waals surface area contributed by atoms with Gasteiger partial charge in [-0.3, -0.25) is 4.79 Å². The molecule has 0 saturated heterocycles. The van der Waals surface area contributed by atoms with Crippen LogP contribution in [0.2, 0.25) is 0 Å². The SMILES string of the molecule is N[C@@H](C=O)[C@@H](O)[C@H](O)[C@H](O)CO.O=C(O)CC(O)(C(=O)O)C(O)C(=O)O. The number of aliphatic carboxylic acids is 3. The minimum atomic E-state index is -3.22. The van der Waals surface area contributed by atoms with Gasteiger partial charge in [-0.25, -0.2) is 9.59 Å². The highest BCUT2D eigenvalue weighted by Crippen LogP contribution is 2.16. The Morgan fingerprint density at radius 2 is 1.46 bits per heavy atom. The maximum absolute atomic E-state index is 10.4. The molecule has 0 radical (unpaired) electrons. The fourth-order valence-corrected chi connectivity index (χ4v) is 1.37. The first kappa shape index (κ1) is 26.0. The van der Waals surface area contributed by atoms with Crippen molar-refractivity contribution in [2.75, 3.05) is 6.61 Å². The van der Waals surface area contributed by atoms with E-state index in [-0.39, 0.29) is 6.29 Å². The summed E-state index contributed by atoms with van der Waals surface area (Å²) in [6, 6.07) is -1.26. The average molecular weight is 387 g/mol. The average Bonchev–Trinajstić information content (AvgIpc) is 2.57. The first-order valence-electron chi connectivity index (χ1n) is 6.70. The van der Waals surface area contributed by atoms with Crippen molar-refractivity contribution in [2.24, 2.45) is 5.73 Å². The molecular formula is C12H21NO13. The molecule has 0 heterocycles. The first-order chi connectivity index (χ1) is 11.8. The smallest absolute Gasteiger partial charge is 0.339 e. The van der Waals surface area contributed by atoms with Crippen molar-refractivity contribution in [2.45, 2.75) is 42.5 Å². The van der Waals surface area contributed by atoms with E-state index in [1.807, 2.05) is 0 Å². The highest BCUT2D eigenvalue weighted by Gasteiger charge is 2.49. The van der Waals surface area contributed by atoms with Gasteiger partial charge in [0.05, 0.1) is 19.1 Å². The predicted octanol–water partition coefficient (Wildman–Crippen LogP) is -5.69. The van der Waals surface area contributed by atoms with Crippen molar-refractivity contribution < 1.29 is 65.1 Å². The number of hydrogen-bond donors (Lipinski definition) is 10. The Kier molecular flexibility index (Phi) is 11.4. The first-order valence-corrected chi connectivity index (χ1v) is 6.70. The van der Waals surface area contributed by atoms with Crippen LogP contribution >= 0.6 is 0 Å². The Labute approximate surface area is 145 Å². The summed E-state index contributed by atoms with van der Waals surface area (Å²) in [6.45, 7) is -0.705. The van der Waals surface area contributed by atoms with Crippen LogP contribution in [0.25, 0.3) is 0 Å². The number of hydrogen-bond acceptors (Lipinski definition) is 11. The van der Waals surface area contributed by atoms with Crippen LogP contribution in [0.4, 0.5) is 0 Å². The molecule has 26 heavy (non-hydrogen) atoms. The third-order valence-corrected chi connectivity index (χ3v) is 2.96. The van der Waals surface area contributed by atoms with Gasteiger partial charge in [-0.1, -0.05) is 0 Å². The molecule has 0 aliphatic heterocycles. The van der Waals surface area contributed by atoms with E-state index in [4.69, 9.17) is 51.7 Å². The van der Waals surface area contributed by atoms with E-state index in [1.54, 1.807) is 0 Å². The summed E-state index contributed by atoms with van der Waals surface area (Å²) >= 11 is 0. The van der Waals surface area contributed by atoms with Crippen LogP contribution in [0, 0.1) is 0 Å². The third-order valence-electron chi connectivity index (χ3n) is 2.96. The highest BCUT2D eigenvalue weighted by molar-refractivity contribution is 5.90. The van der Waals surface area contributed by atoms with Crippen LogP contribution in [0.5, 0.6) is 0 Å². The van der Waals surface area contributed by atoms with Crippen LogP contribution in [-0.4, -0.2) is 113 Å². The van der Waals surface area contributed by atoms with E-state index < -0.39 is 67.0 Å². The maximum Gasteiger partial charge on any atom is 0.339 e. The number of aliphatic hydroxyl groups is 6. The monoisotopic (exact) mass is 387 g/mol. The molecule has 0 aromatic carbocycles. The van der Waals surface area contributed by atoms with Crippen LogP contribution in [0.15, 0.2) is 0 Å². The fourth-order valence-electron chi connectivity index (χ4n) is 1.37. The Morgan fingerprint density at radius 3 is 1.73 bits per heavy atom. The van der Waals surface area contributed by atoms with Gasteiger partial charge in [0.15, 0.2) is 6.10 Å². The molecule has 11 N–H and O–H groups in total. The van der Waals surface area contributed by atoms with E-state index in [1.165, 1.54) is 0 Å². The van der Waals surface area contributed by atoms with Gasteiger partial charge >= 0.3 is 17.9 Å². The topological polar surface area (TPSA) is 276 Å². The van der Waals surface area contributed by atoms with E-state index in [0.717, 1.165) is 0 Å². The number of rotatable bonds is 10. The summed E-state index contributed by atoms with van der Waals surface area (Å²) in [5, 5.41) is 77.8. The van der Waals surface area contributed by atoms with Crippen molar-refractivity contribution in [1.29, 1.82) is 0 Å². The molecule has 6 atom stereocenters. The lowest BCUT2D eigenvalue weighted by Gasteiger charge is -2.23. The number of carboxylic acids is 3. The third kappa shape index (κ3) is 7.79. The normalized spacial score (nSPS) is 18.7. The van der Waals surface area contributed by atoms with Crippen molar-refractivity contribution in [3.8, 4) is 0 Å². The highest BCUT2D eigenvalue weighted by atomic mass is 16.4. The molecular weight excluding hydrogens is 366 g/mol. The van der Waals surface area contributed by atoms with Crippen molar-refractivity contribution >= 4 is 24.2 Å². The second-order valence-corrected chi connectivity index (χ2v) is 4.99. The van der Waals surface area contributed by atoms with Crippen molar-refractivity contribution in [3.63, 3.8) is 0 Å². The summed E-state index contributed by atoms with van der Waals surface area (Å²) in [5.41, 5.74) is 1.81. The van der Waals surface area contributed by atoms with Crippen LogP contribution in [-0.2, 0) is 19.2 Å². The predicted molar refractivity (Wildman–Crippen MR) is 77.6 cm³/mol. The molecule has 0 spiro atoms. The number of carbonyl (C=O) groups is 4. The number of nitrogens with two attached hydrogens (primary N) is 1. The van der Waals surface area contributed by atoms with E-state index in [2.05, 4.69) is 0 Å². The zero-order valence-corrected chi connectivity index (χ0v) is 13.1. The summed E-state index contributed by atoms with van der Waals surface area (Å²) in [6.07, 6.45) is -8.53. The van der Waals surface area contributed by atoms with Gasteiger partial charge in [0.1, 0.15) is 24.6 Å². The standard InChI is InChI=1S/C6H13NO5.C6H8O8/c7-3(1-8)5(11)6(12)4(10)2-9;7-2(8)1-6(14,5(12)13)3(9)4(10)11/h1,3-6,9-12H,2,7H2;3,9,14H,1H2,(H,7,8)(H,10,11)(H,12,13)/t3-,4+,5+,6+;/m0./s1. The Bertz CT molecular complexity index is 498. The van der Waals surface area contributed by atoms with E-state index in [9.17, 15) is 19.2 Å². The molecule has 0 aliphatic rings. The summed E-state index contributed by atoms with van der Waals surface area (Å²) < 4.78 is 0.